The highest BCUT2D eigenvalue weighted by molar-refractivity contribution is 6.36. The maximum absolute atomic E-state index is 13.2. The topological polar surface area (TPSA) is 103 Å². The predicted octanol–water partition coefficient (Wildman–Crippen LogP) is 4.81. The quantitative estimate of drug-likeness (QED) is 0.355. The molecule has 0 spiro atoms. The maximum atomic E-state index is 13.2. The van der Waals surface area contributed by atoms with Crippen LogP contribution in [0, 0.1) is 0 Å². The number of pyridine rings is 1. The van der Waals surface area contributed by atoms with Gasteiger partial charge in [0.25, 0.3) is 0 Å². The van der Waals surface area contributed by atoms with Crippen LogP contribution < -0.4 is 10.5 Å². The predicted molar refractivity (Wildman–Crippen MR) is 119 cm³/mol. The van der Waals surface area contributed by atoms with E-state index in [-0.39, 0.29) is 29.3 Å². The van der Waals surface area contributed by atoms with Crippen molar-refractivity contribution in [3.8, 4) is 5.75 Å². The van der Waals surface area contributed by atoms with Crippen LogP contribution in [0.4, 0.5) is 0 Å². The first-order valence-electron chi connectivity index (χ1n) is 9.10. The van der Waals surface area contributed by atoms with Gasteiger partial charge >= 0.3 is 5.97 Å². The largest absolute Gasteiger partial charge is 0.489 e. The van der Waals surface area contributed by atoms with Gasteiger partial charge in [-0.2, -0.15) is 0 Å². The number of hydrogen-bond donors (Lipinski definition) is 2. The van der Waals surface area contributed by atoms with Crippen LogP contribution in [0.3, 0.4) is 0 Å². The number of nitrogens with two attached hydrogens (primary N) is 1. The number of aliphatic carboxylic acids is 1. The summed E-state index contributed by atoms with van der Waals surface area (Å²) in [6.45, 7) is 0.0772. The summed E-state index contributed by atoms with van der Waals surface area (Å²) in [6.07, 6.45) is 1.41. The normalized spacial score (nSPS) is 11.7. The van der Waals surface area contributed by atoms with E-state index < -0.39 is 17.8 Å². The van der Waals surface area contributed by atoms with E-state index in [4.69, 9.17) is 50.4 Å². The summed E-state index contributed by atoms with van der Waals surface area (Å²) in [6, 6.07) is 11.8. The van der Waals surface area contributed by atoms with E-state index >= 15 is 0 Å². The number of ketones is 1. The van der Waals surface area contributed by atoms with Crippen LogP contribution in [-0.2, 0) is 17.8 Å². The molecule has 0 saturated heterocycles. The molecule has 0 aliphatic rings. The molecule has 0 aliphatic heterocycles. The van der Waals surface area contributed by atoms with Gasteiger partial charge in [-0.15, -0.1) is 0 Å². The first-order valence-corrected chi connectivity index (χ1v) is 10.2. The van der Waals surface area contributed by atoms with Crippen LogP contribution in [0.15, 0.2) is 54.7 Å². The minimum Gasteiger partial charge on any atom is -0.489 e. The SMILES string of the molecule is N[C@@H](Cc1ccc(OCc2c(Cl)cccc2Cl)cc1C(=O)c1cccnc1Cl)C(=O)O. The Kier molecular flexibility index (Phi) is 7.51. The zero-order chi connectivity index (χ0) is 22.5. The lowest BCUT2D eigenvalue weighted by Crippen LogP contribution is -2.32. The van der Waals surface area contributed by atoms with E-state index in [0.717, 1.165) is 0 Å². The molecule has 1 aromatic heterocycles. The summed E-state index contributed by atoms with van der Waals surface area (Å²) in [5.74, 6) is -1.23. The highest BCUT2D eigenvalue weighted by Gasteiger charge is 2.21. The summed E-state index contributed by atoms with van der Waals surface area (Å²) in [7, 11) is 0. The Bertz CT molecular complexity index is 1120. The fourth-order valence-corrected chi connectivity index (χ4v) is 3.60. The zero-order valence-corrected chi connectivity index (χ0v) is 18.3. The summed E-state index contributed by atoms with van der Waals surface area (Å²) < 4.78 is 5.80. The van der Waals surface area contributed by atoms with Crippen LogP contribution >= 0.6 is 34.8 Å². The van der Waals surface area contributed by atoms with Crippen molar-refractivity contribution < 1.29 is 19.4 Å². The number of carboxylic acids is 1. The molecule has 0 unspecified atom stereocenters. The van der Waals surface area contributed by atoms with Gasteiger partial charge in [-0.1, -0.05) is 46.9 Å². The minimum absolute atomic E-state index is 0.0372. The molecule has 3 N–H and O–H groups in total. The number of carboxylic acid groups (broad SMARTS) is 1. The van der Waals surface area contributed by atoms with Gasteiger partial charge in [0, 0.05) is 27.4 Å². The van der Waals surface area contributed by atoms with Gasteiger partial charge in [-0.05, 0) is 48.4 Å². The summed E-state index contributed by atoms with van der Waals surface area (Å²) >= 11 is 18.4. The van der Waals surface area contributed by atoms with Gasteiger partial charge in [-0.25, -0.2) is 4.98 Å². The second kappa shape index (κ2) is 10.1. The molecule has 1 heterocycles. The average Bonchev–Trinajstić information content (AvgIpc) is 2.74. The van der Waals surface area contributed by atoms with Crippen LogP contribution in [-0.4, -0.2) is 27.9 Å². The molecule has 3 rings (SSSR count). The zero-order valence-electron chi connectivity index (χ0n) is 16.0. The fourth-order valence-electron chi connectivity index (χ4n) is 2.89. The number of ether oxygens (including phenoxy) is 1. The Hall–Kier alpha value is -2.64. The van der Waals surface area contributed by atoms with Crippen LogP contribution in [0.25, 0.3) is 0 Å². The molecule has 0 saturated carbocycles. The summed E-state index contributed by atoms with van der Waals surface area (Å²) in [4.78, 5) is 28.3. The van der Waals surface area contributed by atoms with Gasteiger partial charge in [0.05, 0.1) is 5.56 Å². The lowest BCUT2D eigenvalue weighted by Gasteiger charge is -2.15. The lowest BCUT2D eigenvalue weighted by atomic mass is 9.94. The smallest absolute Gasteiger partial charge is 0.320 e. The number of benzene rings is 2. The van der Waals surface area contributed by atoms with Crippen LogP contribution in [0.2, 0.25) is 15.2 Å². The van der Waals surface area contributed by atoms with E-state index in [2.05, 4.69) is 4.98 Å². The number of nitrogens with zero attached hydrogens (tertiary/aromatic N) is 1. The van der Waals surface area contributed by atoms with Gasteiger partial charge in [0.1, 0.15) is 23.6 Å². The van der Waals surface area contributed by atoms with Crippen molar-refractivity contribution in [3.63, 3.8) is 0 Å². The third kappa shape index (κ3) is 5.54. The number of rotatable bonds is 8. The van der Waals surface area contributed by atoms with Gasteiger partial charge < -0.3 is 15.6 Å². The van der Waals surface area contributed by atoms with Crippen molar-refractivity contribution >= 4 is 46.6 Å². The Morgan fingerprint density at radius 1 is 1.03 bits per heavy atom. The molecule has 0 radical (unpaired) electrons. The number of hydrogen-bond acceptors (Lipinski definition) is 5. The highest BCUT2D eigenvalue weighted by Crippen LogP contribution is 2.28. The van der Waals surface area contributed by atoms with E-state index in [0.29, 0.717) is 26.9 Å². The van der Waals surface area contributed by atoms with Crippen molar-refractivity contribution in [2.75, 3.05) is 0 Å². The molecular weight excluding hydrogens is 463 g/mol. The second-order valence-electron chi connectivity index (χ2n) is 6.63. The fraction of sp³-hybridized carbons (Fsp3) is 0.136. The molecule has 2 aromatic carbocycles. The van der Waals surface area contributed by atoms with Crippen LogP contribution in [0.1, 0.15) is 27.0 Å². The molecule has 31 heavy (non-hydrogen) atoms. The molecule has 0 aliphatic carbocycles. The molecular formula is C22H17Cl3N2O4. The lowest BCUT2D eigenvalue weighted by molar-refractivity contribution is -0.138. The van der Waals surface area contributed by atoms with E-state index in [1.807, 2.05) is 0 Å². The number of halogens is 3. The number of carbonyl (C=O) groups is 2. The number of aromatic nitrogens is 1. The second-order valence-corrected chi connectivity index (χ2v) is 7.80. The first kappa shape index (κ1) is 23.0. The van der Waals surface area contributed by atoms with Crippen LogP contribution in [0.5, 0.6) is 5.75 Å². The molecule has 3 aromatic rings. The Balaban J connectivity index is 1.96. The Labute approximate surface area is 193 Å². The third-order valence-electron chi connectivity index (χ3n) is 4.53. The first-order chi connectivity index (χ1) is 14.8. The molecule has 160 valence electrons. The highest BCUT2D eigenvalue weighted by atomic mass is 35.5. The van der Waals surface area contributed by atoms with Gasteiger partial charge in [0.2, 0.25) is 0 Å². The van der Waals surface area contributed by atoms with Gasteiger partial charge in [0.15, 0.2) is 5.78 Å². The molecule has 0 bridgehead atoms. The Morgan fingerprint density at radius 3 is 2.39 bits per heavy atom. The maximum Gasteiger partial charge on any atom is 0.320 e. The van der Waals surface area contributed by atoms with Crippen molar-refractivity contribution in [1.29, 1.82) is 0 Å². The average molecular weight is 480 g/mol. The molecule has 0 fully saturated rings. The Morgan fingerprint density at radius 2 is 1.74 bits per heavy atom. The van der Waals surface area contributed by atoms with Gasteiger partial charge in [-0.3, -0.25) is 9.59 Å². The molecule has 1 atom stereocenters. The molecule has 6 nitrogen and oxygen atoms in total. The van der Waals surface area contributed by atoms with Crippen molar-refractivity contribution in [1.82, 2.24) is 4.98 Å². The van der Waals surface area contributed by atoms with Crippen molar-refractivity contribution in [3.05, 3.63) is 92.2 Å². The third-order valence-corrected chi connectivity index (χ3v) is 5.54. The van der Waals surface area contributed by atoms with E-state index in [1.54, 1.807) is 36.4 Å². The van der Waals surface area contributed by atoms with E-state index in [9.17, 15) is 9.59 Å². The monoisotopic (exact) mass is 478 g/mol. The van der Waals surface area contributed by atoms with E-state index in [1.165, 1.54) is 18.3 Å². The molecule has 9 heteroatoms. The van der Waals surface area contributed by atoms with Crippen molar-refractivity contribution in [2.24, 2.45) is 5.73 Å². The number of carbonyl (C=O) groups excluding carboxylic acids is 1. The summed E-state index contributed by atoms with van der Waals surface area (Å²) in [5.41, 5.74) is 7.13. The minimum atomic E-state index is -1.18. The molecule has 0 amide bonds. The summed E-state index contributed by atoms with van der Waals surface area (Å²) in [5, 5.41) is 10.1. The van der Waals surface area contributed by atoms with Crippen molar-refractivity contribution in [2.45, 2.75) is 19.1 Å². The standard InChI is InChI=1S/C22H17Cl3N2O4/c23-17-4-1-5-18(24)16(17)11-31-13-7-6-12(9-19(26)22(29)30)15(10-13)20(28)14-3-2-8-27-21(14)25/h1-8,10,19H,9,11,26H2,(H,29,30)/t19-/m0/s1.